The molecular formula is C26H25N3O2S. The van der Waals surface area contributed by atoms with E-state index in [0.29, 0.717) is 22.5 Å². The lowest BCUT2D eigenvalue weighted by molar-refractivity contribution is 0.100. The quantitative estimate of drug-likeness (QED) is 0.409. The molecule has 6 heteroatoms. The summed E-state index contributed by atoms with van der Waals surface area (Å²) in [6.07, 6.45) is 0.672. The van der Waals surface area contributed by atoms with E-state index in [9.17, 15) is 9.59 Å². The van der Waals surface area contributed by atoms with Gasteiger partial charge >= 0.3 is 0 Å². The molecule has 5 nitrogen and oxygen atoms in total. The van der Waals surface area contributed by atoms with Crippen molar-refractivity contribution in [2.24, 2.45) is 5.73 Å². The molecule has 0 fully saturated rings. The number of carbonyl (C=O) groups is 2. The van der Waals surface area contributed by atoms with Crippen molar-refractivity contribution in [2.75, 3.05) is 5.32 Å². The maximum Gasteiger partial charge on any atom is 0.257 e. The number of pyridine rings is 1. The average Bonchev–Trinajstić information content (AvgIpc) is 3.09. The number of primary amides is 1. The van der Waals surface area contributed by atoms with Crippen LogP contribution in [0.25, 0.3) is 22.2 Å². The first kappa shape index (κ1) is 21.7. The number of carbonyl (C=O) groups excluding carboxylic acids is 2. The lowest BCUT2D eigenvalue weighted by atomic mass is 10.0. The van der Waals surface area contributed by atoms with Gasteiger partial charge in [0.1, 0.15) is 5.00 Å². The number of hydrogen-bond donors (Lipinski definition) is 2. The number of fused-ring (bicyclic) bond motifs is 1. The van der Waals surface area contributed by atoms with Crippen molar-refractivity contribution in [3.8, 4) is 11.3 Å². The molecule has 0 radical (unpaired) electrons. The summed E-state index contributed by atoms with van der Waals surface area (Å²) >= 11 is 1.38. The minimum absolute atomic E-state index is 0.292. The molecular weight excluding hydrogens is 418 g/mol. The minimum Gasteiger partial charge on any atom is -0.365 e. The second-order valence-corrected chi connectivity index (χ2v) is 9.11. The highest BCUT2D eigenvalue weighted by Gasteiger charge is 2.22. The van der Waals surface area contributed by atoms with Crippen LogP contribution in [-0.4, -0.2) is 16.8 Å². The van der Waals surface area contributed by atoms with Gasteiger partial charge in [-0.2, -0.15) is 0 Å². The number of aryl methyl sites for hydroxylation is 3. The Bertz CT molecular complexity index is 1370. The number of thiophene rings is 1. The third kappa shape index (κ3) is 3.89. The van der Waals surface area contributed by atoms with Gasteiger partial charge in [-0.3, -0.25) is 9.59 Å². The number of anilines is 1. The van der Waals surface area contributed by atoms with Crippen molar-refractivity contribution >= 4 is 39.1 Å². The zero-order valence-corrected chi connectivity index (χ0v) is 19.4. The number of para-hydroxylation sites is 1. The predicted octanol–water partition coefficient (Wildman–Crippen LogP) is 5.80. The summed E-state index contributed by atoms with van der Waals surface area (Å²) in [5, 5.41) is 4.19. The Labute approximate surface area is 191 Å². The molecule has 0 atom stereocenters. The van der Waals surface area contributed by atoms with Gasteiger partial charge in [0, 0.05) is 15.8 Å². The van der Waals surface area contributed by atoms with Gasteiger partial charge in [-0.1, -0.05) is 37.3 Å². The Hall–Kier alpha value is -3.51. The molecule has 2 aromatic heterocycles. The van der Waals surface area contributed by atoms with Crippen LogP contribution in [0.5, 0.6) is 0 Å². The van der Waals surface area contributed by atoms with Crippen molar-refractivity contribution in [1.82, 2.24) is 4.98 Å². The highest BCUT2D eigenvalue weighted by Crippen LogP contribution is 2.34. The molecule has 0 aliphatic carbocycles. The van der Waals surface area contributed by atoms with E-state index in [1.165, 1.54) is 16.9 Å². The van der Waals surface area contributed by atoms with E-state index in [1.54, 1.807) is 0 Å². The third-order valence-electron chi connectivity index (χ3n) is 5.80. The number of amides is 2. The summed E-state index contributed by atoms with van der Waals surface area (Å²) in [7, 11) is 0. The molecule has 4 aromatic rings. The van der Waals surface area contributed by atoms with E-state index < -0.39 is 5.91 Å². The van der Waals surface area contributed by atoms with Crippen LogP contribution in [0.2, 0.25) is 0 Å². The predicted molar refractivity (Wildman–Crippen MR) is 132 cm³/mol. The molecule has 0 aliphatic rings. The smallest absolute Gasteiger partial charge is 0.257 e. The molecule has 2 heterocycles. The summed E-state index contributed by atoms with van der Waals surface area (Å²) in [6.45, 7) is 8.03. The topological polar surface area (TPSA) is 85.1 Å². The molecule has 0 aliphatic heterocycles. The van der Waals surface area contributed by atoms with E-state index >= 15 is 0 Å². The fraction of sp³-hybridized carbons (Fsp3) is 0.192. The second-order valence-electron chi connectivity index (χ2n) is 7.88. The van der Waals surface area contributed by atoms with Gasteiger partial charge in [-0.05, 0) is 62.1 Å². The Morgan fingerprint density at radius 2 is 1.78 bits per heavy atom. The summed E-state index contributed by atoms with van der Waals surface area (Å²) in [6, 6.07) is 15.5. The molecule has 0 bridgehead atoms. The first-order valence-corrected chi connectivity index (χ1v) is 11.3. The van der Waals surface area contributed by atoms with Gasteiger partial charge in [0.05, 0.1) is 22.3 Å². The van der Waals surface area contributed by atoms with Gasteiger partial charge in [-0.25, -0.2) is 4.98 Å². The van der Waals surface area contributed by atoms with Crippen molar-refractivity contribution in [3.63, 3.8) is 0 Å². The fourth-order valence-electron chi connectivity index (χ4n) is 3.94. The maximum atomic E-state index is 13.4. The van der Waals surface area contributed by atoms with Gasteiger partial charge in [0.2, 0.25) is 0 Å². The molecule has 162 valence electrons. The first-order valence-electron chi connectivity index (χ1n) is 10.5. The van der Waals surface area contributed by atoms with Crippen LogP contribution in [0.3, 0.4) is 0 Å². The lowest BCUT2D eigenvalue weighted by Crippen LogP contribution is -2.18. The summed E-state index contributed by atoms with van der Waals surface area (Å²) in [5.41, 5.74) is 12.2. The normalized spacial score (nSPS) is 11.0. The van der Waals surface area contributed by atoms with Crippen LogP contribution in [0.4, 0.5) is 5.00 Å². The van der Waals surface area contributed by atoms with Crippen LogP contribution in [0.15, 0.2) is 48.5 Å². The number of rotatable bonds is 5. The standard InChI is InChI=1S/C26H25N3O2S/c1-5-18-16(4)32-26(23(18)24(27)30)29-25(31)20-13-22(17-11-10-14(2)15(3)12-17)28-21-9-7-6-8-19(20)21/h6-13H,5H2,1-4H3,(H2,27,30)(H,29,31). The maximum absolute atomic E-state index is 13.4. The van der Waals surface area contributed by atoms with Crippen molar-refractivity contribution in [2.45, 2.75) is 34.1 Å². The highest BCUT2D eigenvalue weighted by molar-refractivity contribution is 7.16. The van der Waals surface area contributed by atoms with Gasteiger partial charge in [0.15, 0.2) is 0 Å². The number of benzene rings is 2. The van der Waals surface area contributed by atoms with E-state index in [-0.39, 0.29) is 5.91 Å². The molecule has 3 N–H and O–H groups in total. The van der Waals surface area contributed by atoms with Crippen LogP contribution in [0, 0.1) is 20.8 Å². The Kier molecular flexibility index (Phi) is 5.80. The lowest BCUT2D eigenvalue weighted by Gasteiger charge is -2.12. The van der Waals surface area contributed by atoms with Crippen LogP contribution >= 0.6 is 11.3 Å². The van der Waals surface area contributed by atoms with E-state index in [4.69, 9.17) is 10.7 Å². The van der Waals surface area contributed by atoms with Gasteiger partial charge in [-0.15, -0.1) is 11.3 Å². The van der Waals surface area contributed by atoms with Crippen molar-refractivity contribution in [1.29, 1.82) is 0 Å². The zero-order chi connectivity index (χ0) is 23.0. The van der Waals surface area contributed by atoms with Crippen molar-refractivity contribution in [3.05, 3.63) is 81.2 Å². The summed E-state index contributed by atoms with van der Waals surface area (Å²) in [4.78, 5) is 31.3. The molecule has 4 rings (SSSR count). The molecule has 2 aromatic carbocycles. The number of hydrogen-bond acceptors (Lipinski definition) is 4. The molecule has 0 saturated heterocycles. The number of nitrogens with zero attached hydrogens (tertiary/aromatic N) is 1. The Morgan fingerprint density at radius 1 is 1.03 bits per heavy atom. The summed E-state index contributed by atoms with van der Waals surface area (Å²) in [5.74, 6) is -0.822. The minimum atomic E-state index is -0.531. The molecule has 32 heavy (non-hydrogen) atoms. The molecule has 0 spiro atoms. The number of nitrogens with two attached hydrogens (primary N) is 1. The monoisotopic (exact) mass is 443 g/mol. The fourth-order valence-corrected chi connectivity index (χ4v) is 5.08. The van der Waals surface area contributed by atoms with Gasteiger partial charge < -0.3 is 11.1 Å². The molecule has 0 unspecified atom stereocenters. The Balaban J connectivity index is 1.83. The summed E-state index contributed by atoms with van der Waals surface area (Å²) < 4.78 is 0. The molecule has 0 saturated carbocycles. The van der Waals surface area contributed by atoms with Crippen molar-refractivity contribution < 1.29 is 9.59 Å². The van der Waals surface area contributed by atoms with Crippen LogP contribution in [-0.2, 0) is 6.42 Å². The van der Waals surface area contributed by atoms with E-state index in [1.807, 2.05) is 50.2 Å². The first-order chi connectivity index (χ1) is 15.3. The second kappa shape index (κ2) is 8.55. The largest absolute Gasteiger partial charge is 0.365 e. The number of nitrogens with one attached hydrogen (secondary N) is 1. The average molecular weight is 444 g/mol. The highest BCUT2D eigenvalue weighted by atomic mass is 32.1. The Morgan fingerprint density at radius 3 is 2.47 bits per heavy atom. The van der Waals surface area contributed by atoms with E-state index in [0.717, 1.165) is 38.2 Å². The van der Waals surface area contributed by atoms with Gasteiger partial charge in [0.25, 0.3) is 11.8 Å². The third-order valence-corrected chi connectivity index (χ3v) is 6.86. The van der Waals surface area contributed by atoms with Crippen LogP contribution in [0.1, 0.15) is 49.2 Å². The van der Waals surface area contributed by atoms with Crippen LogP contribution < -0.4 is 11.1 Å². The van der Waals surface area contributed by atoms with E-state index in [2.05, 4.69) is 31.3 Å². The molecule has 2 amide bonds. The SMILES string of the molecule is CCc1c(C)sc(NC(=O)c2cc(-c3ccc(C)c(C)c3)nc3ccccc23)c1C(N)=O. The zero-order valence-electron chi connectivity index (χ0n) is 18.6. The number of aromatic nitrogens is 1.